The fraction of sp³-hybridized carbons (Fsp3) is 0.176. The molecule has 0 amide bonds. The Labute approximate surface area is 129 Å². The number of esters is 1. The number of phenolic OH excluding ortho intramolecular Hbond substituents is 1. The highest BCUT2D eigenvalue weighted by Gasteiger charge is 1.96. The van der Waals surface area contributed by atoms with Crippen molar-refractivity contribution in [3.63, 3.8) is 0 Å². The molecule has 0 fully saturated rings. The fourth-order valence-corrected chi connectivity index (χ4v) is 1.13. The summed E-state index contributed by atoms with van der Waals surface area (Å²) in [5, 5.41) is 17.6. The first kappa shape index (κ1) is 19.2. The Balaban J connectivity index is 0.000000534. The Bertz CT molecular complexity index is 580. The minimum Gasteiger partial charge on any atom is -0.508 e. The van der Waals surface area contributed by atoms with Crippen molar-refractivity contribution in [2.45, 2.75) is 13.8 Å². The molecule has 0 spiro atoms. The number of benzene rings is 1. The molecule has 2 N–H and O–H groups in total. The van der Waals surface area contributed by atoms with E-state index in [0.717, 1.165) is 5.56 Å². The zero-order valence-electron chi connectivity index (χ0n) is 12.9. The average molecular weight is 304 g/mol. The van der Waals surface area contributed by atoms with Gasteiger partial charge in [0.1, 0.15) is 5.75 Å². The molecular formula is C17H20O5. The van der Waals surface area contributed by atoms with Crippen LogP contribution >= 0.6 is 0 Å². The summed E-state index contributed by atoms with van der Waals surface area (Å²) in [4.78, 5) is 20.6. The van der Waals surface area contributed by atoms with Crippen LogP contribution < -0.4 is 0 Å². The quantitative estimate of drug-likeness (QED) is 0.507. The highest BCUT2D eigenvalue weighted by atomic mass is 16.5. The molecule has 0 atom stereocenters. The van der Waals surface area contributed by atoms with Crippen molar-refractivity contribution in [2.75, 3.05) is 7.11 Å². The molecule has 0 aromatic heterocycles. The maximum Gasteiger partial charge on any atom is 0.332 e. The molecule has 1 rings (SSSR count). The number of hydrogen-bond acceptors (Lipinski definition) is 4. The first-order chi connectivity index (χ1) is 10.3. The summed E-state index contributed by atoms with van der Waals surface area (Å²) in [5.41, 5.74) is 1.62. The number of carboxylic acids is 1. The number of carboxylic acid groups (broad SMARTS) is 1. The highest BCUT2D eigenvalue weighted by Crippen LogP contribution is 2.10. The van der Waals surface area contributed by atoms with Crippen molar-refractivity contribution in [2.24, 2.45) is 0 Å². The second-order valence-electron chi connectivity index (χ2n) is 4.38. The van der Waals surface area contributed by atoms with Gasteiger partial charge >= 0.3 is 11.9 Å². The van der Waals surface area contributed by atoms with E-state index in [9.17, 15) is 9.59 Å². The van der Waals surface area contributed by atoms with E-state index in [1.165, 1.54) is 20.1 Å². The Morgan fingerprint density at radius 2 is 1.73 bits per heavy atom. The van der Waals surface area contributed by atoms with Gasteiger partial charge in [0, 0.05) is 11.1 Å². The Kier molecular flexibility index (Phi) is 8.71. The van der Waals surface area contributed by atoms with E-state index in [2.05, 4.69) is 11.3 Å². The average Bonchev–Trinajstić information content (AvgIpc) is 2.48. The Morgan fingerprint density at radius 1 is 1.18 bits per heavy atom. The van der Waals surface area contributed by atoms with Gasteiger partial charge in [-0.15, -0.1) is 0 Å². The monoisotopic (exact) mass is 304 g/mol. The number of aromatic hydroxyl groups is 1. The van der Waals surface area contributed by atoms with Crippen LogP contribution in [0.1, 0.15) is 19.4 Å². The summed E-state index contributed by atoms with van der Waals surface area (Å²) >= 11 is 0. The minimum atomic E-state index is -0.926. The number of rotatable bonds is 4. The van der Waals surface area contributed by atoms with Gasteiger partial charge in [-0.25, -0.2) is 9.59 Å². The number of carbonyl (C=O) groups is 2. The van der Waals surface area contributed by atoms with Crippen molar-refractivity contribution in [1.29, 1.82) is 0 Å². The lowest BCUT2D eigenvalue weighted by atomic mass is 10.2. The largest absolute Gasteiger partial charge is 0.508 e. The zero-order valence-corrected chi connectivity index (χ0v) is 12.9. The Hall–Kier alpha value is -2.82. The summed E-state index contributed by atoms with van der Waals surface area (Å²) in [5.74, 6) is -1.06. The normalized spacial score (nSPS) is 10.6. The van der Waals surface area contributed by atoms with Crippen LogP contribution in [0.3, 0.4) is 0 Å². The molecule has 22 heavy (non-hydrogen) atoms. The number of ether oxygens (including phenoxy) is 1. The first-order valence-corrected chi connectivity index (χ1v) is 6.39. The van der Waals surface area contributed by atoms with E-state index in [1.807, 2.05) is 0 Å². The topological polar surface area (TPSA) is 83.8 Å². The van der Waals surface area contributed by atoms with E-state index >= 15 is 0 Å². The van der Waals surface area contributed by atoms with E-state index in [4.69, 9.17) is 10.2 Å². The molecule has 5 heteroatoms. The number of hydrogen-bond donors (Lipinski definition) is 2. The van der Waals surface area contributed by atoms with Gasteiger partial charge in [-0.2, -0.15) is 0 Å². The number of phenols is 1. The molecule has 5 nitrogen and oxygen atoms in total. The molecule has 0 aliphatic heterocycles. The van der Waals surface area contributed by atoms with Gasteiger partial charge in [0.15, 0.2) is 0 Å². The molecule has 0 aliphatic carbocycles. The van der Waals surface area contributed by atoms with Crippen LogP contribution in [0.5, 0.6) is 5.75 Å². The van der Waals surface area contributed by atoms with E-state index in [1.54, 1.807) is 43.3 Å². The maximum absolute atomic E-state index is 10.5. The van der Waals surface area contributed by atoms with Crippen LogP contribution in [-0.2, 0) is 14.3 Å². The predicted molar refractivity (Wildman–Crippen MR) is 85.4 cm³/mol. The number of carbonyl (C=O) groups excluding carboxylic acids is 1. The lowest BCUT2D eigenvalue weighted by Gasteiger charge is -1.93. The summed E-state index contributed by atoms with van der Waals surface area (Å²) in [6.07, 6.45) is 4.96. The molecule has 0 radical (unpaired) electrons. The van der Waals surface area contributed by atoms with Gasteiger partial charge < -0.3 is 14.9 Å². The molecular weight excluding hydrogens is 284 g/mol. The third-order valence-electron chi connectivity index (χ3n) is 2.40. The summed E-state index contributed by atoms with van der Waals surface area (Å²) < 4.78 is 4.27. The first-order valence-electron chi connectivity index (χ1n) is 6.39. The van der Waals surface area contributed by atoms with Crippen molar-refractivity contribution in [3.8, 4) is 5.75 Å². The van der Waals surface area contributed by atoms with Gasteiger partial charge in [-0.05, 0) is 31.5 Å². The molecule has 0 aliphatic rings. The molecule has 1 aromatic rings. The molecule has 0 bridgehead atoms. The van der Waals surface area contributed by atoms with Crippen LogP contribution in [0, 0.1) is 0 Å². The zero-order chi connectivity index (χ0) is 17.1. The SMILES string of the molecule is C=C(C)C(=O)OC.CC(=CC=Cc1ccc(O)cc1)C(=O)O. The molecule has 0 saturated heterocycles. The van der Waals surface area contributed by atoms with Crippen LogP contribution in [-0.4, -0.2) is 29.3 Å². The predicted octanol–water partition coefficient (Wildman–Crippen LogP) is 3.17. The van der Waals surface area contributed by atoms with E-state index in [-0.39, 0.29) is 17.3 Å². The van der Waals surface area contributed by atoms with Gasteiger partial charge in [0.25, 0.3) is 0 Å². The molecule has 0 unspecified atom stereocenters. The summed E-state index contributed by atoms with van der Waals surface area (Å²) in [6, 6.07) is 6.65. The molecule has 0 saturated carbocycles. The third-order valence-corrected chi connectivity index (χ3v) is 2.40. The molecule has 118 valence electrons. The van der Waals surface area contributed by atoms with Gasteiger partial charge in [-0.3, -0.25) is 0 Å². The number of aliphatic carboxylic acids is 1. The smallest absolute Gasteiger partial charge is 0.332 e. The second kappa shape index (κ2) is 9.99. The van der Waals surface area contributed by atoms with Crippen molar-refractivity contribution >= 4 is 18.0 Å². The van der Waals surface area contributed by atoms with E-state index in [0.29, 0.717) is 5.57 Å². The van der Waals surface area contributed by atoms with Gasteiger partial charge in [-0.1, -0.05) is 36.9 Å². The summed E-state index contributed by atoms with van der Waals surface area (Å²) in [6.45, 7) is 6.49. The van der Waals surface area contributed by atoms with Crippen molar-refractivity contribution < 1.29 is 24.5 Å². The molecule has 1 aromatic carbocycles. The standard InChI is InChI=1S/C12H12O3.C5H8O2/c1-9(12(14)15)3-2-4-10-5-7-11(13)8-6-10;1-4(2)5(6)7-3/h2-8,13H,1H3,(H,14,15);1H2,2-3H3. The highest BCUT2D eigenvalue weighted by molar-refractivity contribution is 5.87. The fourth-order valence-electron chi connectivity index (χ4n) is 1.13. The second-order valence-corrected chi connectivity index (χ2v) is 4.38. The number of methoxy groups -OCH3 is 1. The van der Waals surface area contributed by atoms with Crippen molar-refractivity contribution in [1.82, 2.24) is 0 Å². The molecule has 0 heterocycles. The van der Waals surface area contributed by atoms with Gasteiger partial charge in [0.05, 0.1) is 7.11 Å². The van der Waals surface area contributed by atoms with Crippen LogP contribution in [0.25, 0.3) is 6.08 Å². The summed E-state index contributed by atoms with van der Waals surface area (Å²) in [7, 11) is 1.33. The maximum atomic E-state index is 10.5. The van der Waals surface area contributed by atoms with Crippen LogP contribution in [0.2, 0.25) is 0 Å². The van der Waals surface area contributed by atoms with Crippen LogP contribution in [0.15, 0.2) is 54.1 Å². The lowest BCUT2D eigenvalue weighted by Crippen LogP contribution is -1.98. The number of allylic oxidation sites excluding steroid dienone is 2. The minimum absolute atomic E-state index is 0.212. The van der Waals surface area contributed by atoms with Crippen LogP contribution in [0.4, 0.5) is 0 Å². The van der Waals surface area contributed by atoms with Gasteiger partial charge in [0.2, 0.25) is 0 Å². The van der Waals surface area contributed by atoms with E-state index < -0.39 is 5.97 Å². The van der Waals surface area contributed by atoms with Crippen molar-refractivity contribution in [3.05, 3.63) is 59.7 Å². The lowest BCUT2D eigenvalue weighted by molar-refractivity contribution is -0.136. The third kappa shape index (κ3) is 8.37. The Morgan fingerprint density at radius 3 is 2.09 bits per heavy atom.